The van der Waals surface area contributed by atoms with Crippen molar-refractivity contribution in [3.63, 3.8) is 0 Å². The largest absolute Gasteiger partial charge is 0.490 e. The number of amides is 1. The lowest BCUT2D eigenvalue weighted by Crippen LogP contribution is -2.08. The van der Waals surface area contributed by atoms with E-state index >= 15 is 0 Å². The van der Waals surface area contributed by atoms with Crippen LogP contribution in [0.5, 0.6) is 5.75 Å². The van der Waals surface area contributed by atoms with Crippen LogP contribution in [-0.2, 0) is 17.6 Å². The second kappa shape index (κ2) is 9.76. The minimum absolute atomic E-state index is 0.00290. The van der Waals surface area contributed by atoms with Crippen LogP contribution in [0.2, 0.25) is 0 Å². The first-order chi connectivity index (χ1) is 14.9. The fraction of sp³-hybridized carbons (Fsp3) is 0.304. The van der Waals surface area contributed by atoms with E-state index in [2.05, 4.69) is 32.7 Å². The predicted octanol–water partition coefficient (Wildman–Crippen LogP) is 4.26. The number of primary amides is 1. The summed E-state index contributed by atoms with van der Waals surface area (Å²) in [7, 11) is 1.22. The zero-order valence-electron chi connectivity index (χ0n) is 17.7. The molecule has 0 bridgehead atoms. The van der Waals surface area contributed by atoms with Gasteiger partial charge in [-0.25, -0.2) is 4.79 Å². The normalized spacial score (nSPS) is 11.8. The van der Waals surface area contributed by atoms with E-state index in [9.17, 15) is 10.1 Å². The quantitative estimate of drug-likeness (QED) is 0.668. The standard InChI is InChI=1S/C21H19N3O2.C2H5NO2/c1-13(2)25-19-10-9-15(11-16(19)12-22)21-23-20(24-26-21)18-8-4-6-14-5-3-7-17(14)18;1-5-2(3)4/h4,6,8-11,13H,3,5,7H2,1-2H3;1H3,(H2,3,4). The highest BCUT2D eigenvalue weighted by atomic mass is 16.5. The number of carbonyl (C=O) groups excluding carboxylic acids is 1. The molecular formula is C23H24N4O4. The smallest absolute Gasteiger partial charge is 0.404 e. The van der Waals surface area contributed by atoms with Gasteiger partial charge in [0, 0.05) is 11.1 Å². The van der Waals surface area contributed by atoms with Crippen LogP contribution in [0.4, 0.5) is 4.79 Å². The van der Waals surface area contributed by atoms with E-state index in [1.807, 2.05) is 32.0 Å². The van der Waals surface area contributed by atoms with Gasteiger partial charge in [0.1, 0.15) is 11.8 Å². The van der Waals surface area contributed by atoms with E-state index in [-0.39, 0.29) is 6.10 Å². The van der Waals surface area contributed by atoms with E-state index in [0.717, 1.165) is 18.4 Å². The average molecular weight is 420 g/mol. The Kier molecular flexibility index (Phi) is 6.88. The molecule has 8 nitrogen and oxygen atoms in total. The lowest BCUT2D eigenvalue weighted by atomic mass is 10.0. The van der Waals surface area contributed by atoms with Gasteiger partial charge in [0.15, 0.2) is 0 Å². The molecule has 4 rings (SSSR count). The van der Waals surface area contributed by atoms with Crippen LogP contribution in [0, 0.1) is 11.3 Å². The number of nitrogens with zero attached hydrogens (tertiary/aromatic N) is 3. The zero-order chi connectivity index (χ0) is 22.4. The van der Waals surface area contributed by atoms with Crippen molar-refractivity contribution in [3.05, 3.63) is 53.1 Å². The number of ether oxygens (including phenoxy) is 2. The van der Waals surface area contributed by atoms with Gasteiger partial charge in [-0.1, -0.05) is 23.4 Å². The number of rotatable bonds is 4. The third-order valence-corrected chi connectivity index (χ3v) is 4.72. The van der Waals surface area contributed by atoms with Gasteiger partial charge < -0.3 is 19.7 Å². The van der Waals surface area contributed by atoms with Crippen LogP contribution in [0.25, 0.3) is 22.8 Å². The molecule has 3 aromatic rings. The molecule has 8 heteroatoms. The molecule has 0 saturated heterocycles. The van der Waals surface area contributed by atoms with Crippen LogP contribution in [0.15, 0.2) is 40.9 Å². The molecule has 1 aliphatic rings. The third-order valence-electron chi connectivity index (χ3n) is 4.72. The highest BCUT2D eigenvalue weighted by Gasteiger charge is 2.19. The number of aryl methyl sites for hydroxylation is 1. The number of hydrogen-bond donors (Lipinski definition) is 1. The van der Waals surface area contributed by atoms with Crippen molar-refractivity contribution in [1.29, 1.82) is 5.26 Å². The first kappa shape index (κ1) is 21.8. The summed E-state index contributed by atoms with van der Waals surface area (Å²) in [5.41, 5.74) is 9.32. The molecule has 0 unspecified atom stereocenters. The van der Waals surface area contributed by atoms with Crippen molar-refractivity contribution < 1.29 is 18.8 Å². The molecule has 1 heterocycles. The monoisotopic (exact) mass is 420 g/mol. The third kappa shape index (κ3) is 5.20. The van der Waals surface area contributed by atoms with E-state index < -0.39 is 6.09 Å². The number of carbonyl (C=O) groups is 1. The summed E-state index contributed by atoms with van der Waals surface area (Å²) in [6.07, 6.45) is 2.58. The number of nitriles is 1. The molecule has 0 atom stereocenters. The molecule has 1 aliphatic carbocycles. The molecule has 0 aliphatic heterocycles. The van der Waals surface area contributed by atoms with Gasteiger partial charge in [0.05, 0.1) is 18.8 Å². The van der Waals surface area contributed by atoms with Crippen LogP contribution in [0.3, 0.4) is 0 Å². The van der Waals surface area contributed by atoms with Crippen LogP contribution in [0.1, 0.15) is 37.0 Å². The van der Waals surface area contributed by atoms with Crippen LogP contribution < -0.4 is 10.5 Å². The molecule has 2 aromatic carbocycles. The van der Waals surface area contributed by atoms with Gasteiger partial charge in [0.2, 0.25) is 5.82 Å². The van der Waals surface area contributed by atoms with Crippen molar-refractivity contribution in [3.8, 4) is 34.7 Å². The molecular weight excluding hydrogens is 396 g/mol. The van der Waals surface area contributed by atoms with E-state index in [4.69, 9.17) is 9.26 Å². The topological polar surface area (TPSA) is 124 Å². The molecule has 31 heavy (non-hydrogen) atoms. The van der Waals surface area contributed by atoms with Crippen molar-refractivity contribution in [1.82, 2.24) is 10.1 Å². The minimum Gasteiger partial charge on any atom is -0.490 e. The molecule has 1 aromatic heterocycles. The Morgan fingerprint density at radius 1 is 1.26 bits per heavy atom. The Hall–Kier alpha value is -3.86. The average Bonchev–Trinajstić information content (AvgIpc) is 3.43. The number of methoxy groups -OCH3 is 1. The highest BCUT2D eigenvalue weighted by Crippen LogP contribution is 2.32. The lowest BCUT2D eigenvalue weighted by Gasteiger charge is -2.11. The fourth-order valence-corrected chi connectivity index (χ4v) is 3.39. The van der Waals surface area contributed by atoms with Gasteiger partial charge in [0.25, 0.3) is 5.89 Å². The Morgan fingerprint density at radius 2 is 2.03 bits per heavy atom. The summed E-state index contributed by atoms with van der Waals surface area (Å²) in [5.74, 6) is 1.56. The minimum atomic E-state index is -0.745. The first-order valence-electron chi connectivity index (χ1n) is 9.92. The Balaban J connectivity index is 0.000000491. The van der Waals surface area contributed by atoms with Crippen molar-refractivity contribution in [2.45, 2.75) is 39.2 Å². The molecule has 0 radical (unpaired) electrons. The first-order valence-corrected chi connectivity index (χ1v) is 9.92. The molecule has 0 spiro atoms. The van der Waals surface area contributed by atoms with Gasteiger partial charge in [-0.15, -0.1) is 0 Å². The van der Waals surface area contributed by atoms with Gasteiger partial charge >= 0.3 is 6.09 Å². The van der Waals surface area contributed by atoms with Crippen LogP contribution >= 0.6 is 0 Å². The van der Waals surface area contributed by atoms with Crippen molar-refractivity contribution >= 4 is 6.09 Å². The number of aromatic nitrogens is 2. The SMILES string of the molecule is CC(C)Oc1ccc(-c2nc(-c3cccc4c3CCC4)no2)cc1C#N.COC(N)=O. The summed E-state index contributed by atoms with van der Waals surface area (Å²) in [6, 6.07) is 13.8. The summed E-state index contributed by atoms with van der Waals surface area (Å²) in [5, 5.41) is 13.6. The van der Waals surface area contributed by atoms with E-state index in [1.165, 1.54) is 24.7 Å². The number of hydrogen-bond acceptors (Lipinski definition) is 7. The molecule has 0 fully saturated rings. The molecule has 1 amide bonds. The van der Waals surface area contributed by atoms with Gasteiger partial charge in [-0.05, 0) is 62.4 Å². The summed E-state index contributed by atoms with van der Waals surface area (Å²) in [4.78, 5) is 13.9. The van der Waals surface area contributed by atoms with E-state index in [0.29, 0.717) is 28.6 Å². The number of nitrogens with two attached hydrogens (primary N) is 1. The van der Waals surface area contributed by atoms with E-state index in [1.54, 1.807) is 12.1 Å². The summed E-state index contributed by atoms with van der Waals surface area (Å²) in [6.45, 7) is 3.86. The Bertz CT molecular complexity index is 1120. The summed E-state index contributed by atoms with van der Waals surface area (Å²) >= 11 is 0. The number of benzene rings is 2. The van der Waals surface area contributed by atoms with Gasteiger partial charge in [-0.3, -0.25) is 0 Å². The second-order valence-corrected chi connectivity index (χ2v) is 7.23. The highest BCUT2D eigenvalue weighted by molar-refractivity contribution is 5.66. The predicted molar refractivity (Wildman–Crippen MR) is 114 cm³/mol. The molecule has 2 N–H and O–H groups in total. The fourth-order valence-electron chi connectivity index (χ4n) is 3.39. The Labute approximate surface area is 180 Å². The zero-order valence-corrected chi connectivity index (χ0v) is 17.7. The maximum absolute atomic E-state index is 9.40. The second-order valence-electron chi connectivity index (χ2n) is 7.23. The number of fused-ring (bicyclic) bond motifs is 1. The van der Waals surface area contributed by atoms with Crippen molar-refractivity contribution in [2.75, 3.05) is 7.11 Å². The lowest BCUT2D eigenvalue weighted by molar-refractivity contribution is 0.182. The Morgan fingerprint density at radius 3 is 2.71 bits per heavy atom. The van der Waals surface area contributed by atoms with Crippen LogP contribution in [-0.4, -0.2) is 29.4 Å². The summed E-state index contributed by atoms with van der Waals surface area (Å²) < 4.78 is 15.0. The molecule has 160 valence electrons. The van der Waals surface area contributed by atoms with Gasteiger partial charge in [-0.2, -0.15) is 10.2 Å². The van der Waals surface area contributed by atoms with Crippen molar-refractivity contribution in [2.24, 2.45) is 5.73 Å². The molecule has 0 saturated carbocycles. The maximum atomic E-state index is 9.40. The maximum Gasteiger partial charge on any atom is 0.404 e.